The number of hydrogen-bond acceptors (Lipinski definition) is 5. The van der Waals surface area contributed by atoms with Gasteiger partial charge in [-0.2, -0.15) is 0 Å². The topological polar surface area (TPSA) is 26.3 Å². The molecule has 0 aromatic carbocycles. The van der Waals surface area contributed by atoms with Gasteiger partial charge in [-0.05, 0) is 42.1 Å². The third kappa shape index (κ3) is 2.89. The minimum atomic E-state index is 0.268. The lowest BCUT2D eigenvalue weighted by Gasteiger charge is -2.13. The van der Waals surface area contributed by atoms with Crippen LogP contribution in [0.3, 0.4) is 0 Å². The fourth-order valence-corrected chi connectivity index (χ4v) is 5.04. The van der Waals surface area contributed by atoms with E-state index in [1.54, 1.807) is 33.1 Å². The lowest BCUT2D eigenvalue weighted by molar-refractivity contribution is 0.526. The molecule has 2 aromatic heterocycles. The highest BCUT2D eigenvalue weighted by atomic mass is 33.5. The third-order valence-electron chi connectivity index (χ3n) is 2.57. The molecule has 0 aliphatic carbocycles. The lowest BCUT2D eigenvalue weighted by atomic mass is 10.1. The van der Waals surface area contributed by atoms with E-state index in [0.29, 0.717) is 0 Å². The molecule has 0 saturated carbocycles. The zero-order chi connectivity index (χ0) is 12.3. The normalized spacial score (nSPS) is 11.3. The Morgan fingerprint density at radius 2 is 1.53 bits per heavy atom. The van der Waals surface area contributed by atoms with Gasteiger partial charge in [0.15, 0.2) is 0 Å². The molecular formula is C12H14O2S3. The molecule has 17 heavy (non-hydrogen) atoms. The van der Waals surface area contributed by atoms with E-state index in [0.717, 1.165) is 11.5 Å². The molecule has 2 aromatic rings. The number of furan rings is 2. The second-order valence-corrected chi connectivity index (χ2v) is 7.92. The molecule has 0 fully saturated rings. The predicted molar refractivity (Wildman–Crippen MR) is 77.4 cm³/mol. The second-order valence-electron chi connectivity index (χ2n) is 3.58. The third-order valence-corrected chi connectivity index (χ3v) is 6.63. The van der Waals surface area contributed by atoms with Gasteiger partial charge in [0.1, 0.15) is 11.5 Å². The highest BCUT2D eigenvalue weighted by molar-refractivity contribution is 9.09. The van der Waals surface area contributed by atoms with E-state index in [9.17, 15) is 0 Å². The molecule has 0 radical (unpaired) electrons. The predicted octanol–water partition coefficient (Wildman–Crippen LogP) is 5.24. The van der Waals surface area contributed by atoms with E-state index >= 15 is 0 Å². The average Bonchev–Trinajstić information content (AvgIpc) is 2.90. The Bertz CT molecular complexity index is 435. The maximum Gasteiger partial charge on any atom is 0.105 e. The summed E-state index contributed by atoms with van der Waals surface area (Å²) in [5.41, 5.74) is 2.45. The zero-order valence-electron chi connectivity index (χ0n) is 9.93. The highest BCUT2D eigenvalue weighted by Crippen LogP contribution is 2.48. The van der Waals surface area contributed by atoms with Crippen molar-refractivity contribution in [2.45, 2.75) is 19.1 Å². The largest absolute Gasteiger partial charge is 0.469 e. The van der Waals surface area contributed by atoms with Crippen LogP contribution in [0.15, 0.2) is 33.5 Å². The molecule has 0 amide bonds. The number of aryl methyl sites for hydroxylation is 2. The van der Waals surface area contributed by atoms with Crippen molar-refractivity contribution in [3.63, 3.8) is 0 Å². The first-order valence-corrected chi connectivity index (χ1v) is 9.13. The van der Waals surface area contributed by atoms with Crippen LogP contribution in [0.2, 0.25) is 0 Å². The van der Waals surface area contributed by atoms with E-state index < -0.39 is 0 Å². The van der Waals surface area contributed by atoms with Crippen LogP contribution in [0, 0.1) is 13.8 Å². The van der Waals surface area contributed by atoms with Gasteiger partial charge in [-0.25, -0.2) is 0 Å². The SMILES string of the molecule is CSSSC(c1ccoc1C)c1ccoc1C. The van der Waals surface area contributed by atoms with E-state index in [-0.39, 0.29) is 5.25 Å². The molecule has 92 valence electrons. The van der Waals surface area contributed by atoms with Crippen LogP contribution in [-0.2, 0) is 0 Å². The van der Waals surface area contributed by atoms with Crippen molar-refractivity contribution in [1.29, 1.82) is 0 Å². The quantitative estimate of drug-likeness (QED) is 0.700. The van der Waals surface area contributed by atoms with Crippen LogP contribution in [0.5, 0.6) is 0 Å². The van der Waals surface area contributed by atoms with E-state index in [4.69, 9.17) is 8.83 Å². The summed E-state index contributed by atoms with van der Waals surface area (Å²) in [5, 5.41) is 0.268. The minimum absolute atomic E-state index is 0.268. The van der Waals surface area contributed by atoms with Crippen molar-refractivity contribution < 1.29 is 8.83 Å². The van der Waals surface area contributed by atoms with E-state index in [1.165, 1.54) is 11.1 Å². The van der Waals surface area contributed by atoms with Gasteiger partial charge in [-0.3, -0.25) is 0 Å². The summed E-state index contributed by atoms with van der Waals surface area (Å²) in [6.45, 7) is 4.00. The summed E-state index contributed by atoms with van der Waals surface area (Å²) >= 11 is 0. The Kier molecular flexibility index (Phi) is 4.59. The first-order valence-electron chi connectivity index (χ1n) is 5.18. The smallest absolute Gasteiger partial charge is 0.105 e. The summed E-state index contributed by atoms with van der Waals surface area (Å²) in [4.78, 5) is 0. The molecule has 2 nitrogen and oxygen atoms in total. The molecule has 5 heteroatoms. The van der Waals surface area contributed by atoms with E-state index in [2.05, 4.69) is 6.26 Å². The minimum Gasteiger partial charge on any atom is -0.469 e. The van der Waals surface area contributed by atoms with Crippen molar-refractivity contribution in [2.75, 3.05) is 6.26 Å². The van der Waals surface area contributed by atoms with Gasteiger partial charge in [-0.15, -0.1) is 0 Å². The van der Waals surface area contributed by atoms with Gasteiger partial charge in [-0.1, -0.05) is 21.6 Å². The van der Waals surface area contributed by atoms with Crippen molar-refractivity contribution in [2.24, 2.45) is 0 Å². The van der Waals surface area contributed by atoms with Gasteiger partial charge in [0.05, 0.1) is 17.8 Å². The molecule has 0 N–H and O–H groups in total. The van der Waals surface area contributed by atoms with E-state index in [1.807, 2.05) is 36.8 Å². The van der Waals surface area contributed by atoms with Crippen molar-refractivity contribution >= 4 is 31.4 Å². The molecule has 0 bridgehead atoms. The fourth-order valence-electron chi connectivity index (χ4n) is 1.68. The van der Waals surface area contributed by atoms with Gasteiger partial charge >= 0.3 is 0 Å². The summed E-state index contributed by atoms with van der Waals surface area (Å²) in [7, 11) is 5.36. The molecule has 0 unspecified atom stereocenters. The van der Waals surface area contributed by atoms with Crippen LogP contribution < -0.4 is 0 Å². The van der Waals surface area contributed by atoms with Gasteiger partial charge in [0, 0.05) is 11.1 Å². The molecule has 0 aliphatic heterocycles. The lowest BCUT2D eigenvalue weighted by Crippen LogP contribution is -1.95. The first-order chi connectivity index (χ1) is 8.24. The number of hydrogen-bond donors (Lipinski definition) is 0. The zero-order valence-corrected chi connectivity index (χ0v) is 12.4. The fraction of sp³-hybridized carbons (Fsp3) is 0.333. The Hall–Kier alpha value is -0.390. The maximum atomic E-state index is 5.40. The van der Waals surface area contributed by atoms with Gasteiger partial charge in [0.25, 0.3) is 0 Å². The summed E-state index contributed by atoms with van der Waals surface area (Å²) in [6.07, 6.45) is 5.58. The Morgan fingerprint density at radius 1 is 1.00 bits per heavy atom. The van der Waals surface area contributed by atoms with Crippen molar-refractivity contribution in [3.05, 3.63) is 47.3 Å². The van der Waals surface area contributed by atoms with Crippen LogP contribution in [0.4, 0.5) is 0 Å². The second kappa shape index (κ2) is 5.98. The summed E-state index contributed by atoms with van der Waals surface area (Å²) < 4.78 is 10.8. The first kappa shape index (κ1) is 13.1. The Labute approximate surface area is 113 Å². The Balaban J connectivity index is 2.32. The van der Waals surface area contributed by atoms with Crippen molar-refractivity contribution in [1.82, 2.24) is 0 Å². The van der Waals surface area contributed by atoms with Crippen LogP contribution in [-0.4, -0.2) is 6.26 Å². The molecule has 0 aliphatic rings. The summed E-state index contributed by atoms with van der Waals surface area (Å²) in [6, 6.07) is 4.08. The standard InChI is InChI=1S/C12H14O2S3/c1-8-10(4-6-13-8)12(16-17-15-3)11-5-7-14-9(11)2/h4-7,12H,1-3H3. The molecule has 2 rings (SSSR count). The van der Waals surface area contributed by atoms with Gasteiger partial charge in [0.2, 0.25) is 0 Å². The van der Waals surface area contributed by atoms with Crippen LogP contribution >= 0.6 is 31.4 Å². The molecule has 0 atom stereocenters. The van der Waals surface area contributed by atoms with Crippen LogP contribution in [0.1, 0.15) is 27.9 Å². The van der Waals surface area contributed by atoms with Crippen LogP contribution in [0.25, 0.3) is 0 Å². The number of rotatable bonds is 5. The average molecular weight is 286 g/mol. The highest BCUT2D eigenvalue weighted by Gasteiger charge is 2.22. The maximum absolute atomic E-state index is 5.40. The monoisotopic (exact) mass is 286 g/mol. The van der Waals surface area contributed by atoms with Gasteiger partial charge < -0.3 is 8.83 Å². The molecule has 0 saturated heterocycles. The summed E-state index contributed by atoms with van der Waals surface area (Å²) in [5.74, 6) is 1.95. The molecule has 2 heterocycles. The van der Waals surface area contributed by atoms with Crippen molar-refractivity contribution in [3.8, 4) is 0 Å². The Morgan fingerprint density at radius 3 is 1.88 bits per heavy atom. The molecule has 0 spiro atoms. The molecular weight excluding hydrogens is 272 g/mol.